The molecule has 4 bridgehead atoms. The van der Waals surface area contributed by atoms with Crippen LogP contribution in [-0.2, 0) is 7.05 Å². The van der Waals surface area contributed by atoms with Crippen molar-refractivity contribution in [2.75, 3.05) is 12.3 Å². The van der Waals surface area contributed by atoms with Gasteiger partial charge in [-0.05, 0) is 61.7 Å². The molecule has 1 heterocycles. The average molecular weight is 288 g/mol. The van der Waals surface area contributed by atoms with Crippen LogP contribution in [0.25, 0.3) is 0 Å². The van der Waals surface area contributed by atoms with Crippen molar-refractivity contribution in [2.24, 2.45) is 30.2 Å². The van der Waals surface area contributed by atoms with Crippen molar-refractivity contribution in [3.05, 3.63) is 11.9 Å². The molecule has 1 aromatic heterocycles. The third-order valence-electron chi connectivity index (χ3n) is 5.86. The summed E-state index contributed by atoms with van der Waals surface area (Å²) in [7, 11) is 1.78. The van der Waals surface area contributed by atoms with Crippen LogP contribution in [0.3, 0.4) is 0 Å². The van der Waals surface area contributed by atoms with Crippen molar-refractivity contribution in [1.82, 2.24) is 15.1 Å². The minimum atomic E-state index is -0.121. The first kappa shape index (κ1) is 13.2. The number of aryl methyl sites for hydroxylation is 1. The molecule has 1 amide bonds. The topological polar surface area (TPSA) is 72.9 Å². The van der Waals surface area contributed by atoms with Crippen LogP contribution >= 0.6 is 0 Å². The van der Waals surface area contributed by atoms with Gasteiger partial charge in [-0.2, -0.15) is 5.10 Å². The number of hydrogen-bond acceptors (Lipinski definition) is 3. The normalized spacial score (nSPS) is 36.9. The van der Waals surface area contributed by atoms with Gasteiger partial charge in [0.25, 0.3) is 5.91 Å². The molecule has 5 rings (SSSR count). The first-order valence-corrected chi connectivity index (χ1v) is 8.10. The smallest absolute Gasteiger partial charge is 0.273 e. The van der Waals surface area contributed by atoms with Gasteiger partial charge in [0, 0.05) is 19.8 Å². The Labute approximate surface area is 125 Å². The van der Waals surface area contributed by atoms with Gasteiger partial charge in [0.2, 0.25) is 0 Å². The number of aromatic nitrogens is 2. The average Bonchev–Trinajstić information content (AvgIpc) is 2.74. The van der Waals surface area contributed by atoms with Crippen molar-refractivity contribution in [3.63, 3.8) is 0 Å². The Bertz CT molecular complexity index is 542. The van der Waals surface area contributed by atoms with E-state index < -0.39 is 0 Å². The lowest BCUT2D eigenvalue weighted by atomic mass is 9.49. The molecule has 21 heavy (non-hydrogen) atoms. The van der Waals surface area contributed by atoms with Crippen molar-refractivity contribution in [3.8, 4) is 0 Å². The Morgan fingerprint density at radius 3 is 2.38 bits per heavy atom. The van der Waals surface area contributed by atoms with E-state index >= 15 is 0 Å². The van der Waals surface area contributed by atoms with Crippen LogP contribution in [0.2, 0.25) is 0 Å². The van der Waals surface area contributed by atoms with Gasteiger partial charge in [-0.1, -0.05) is 0 Å². The summed E-state index contributed by atoms with van der Waals surface area (Å²) in [5.41, 5.74) is 7.01. The molecule has 114 valence electrons. The van der Waals surface area contributed by atoms with Crippen molar-refractivity contribution in [1.29, 1.82) is 0 Å². The molecule has 0 unspecified atom stereocenters. The molecule has 0 saturated heterocycles. The third kappa shape index (κ3) is 2.23. The highest BCUT2D eigenvalue weighted by Crippen LogP contribution is 2.59. The number of nitrogens with one attached hydrogen (secondary N) is 1. The van der Waals surface area contributed by atoms with E-state index in [2.05, 4.69) is 10.4 Å². The summed E-state index contributed by atoms with van der Waals surface area (Å²) in [5.74, 6) is 2.61. The summed E-state index contributed by atoms with van der Waals surface area (Å²) in [6.07, 6.45) is 9.88. The maximum absolute atomic E-state index is 12.3. The molecule has 0 radical (unpaired) electrons. The van der Waals surface area contributed by atoms with Gasteiger partial charge < -0.3 is 11.1 Å². The summed E-state index contributed by atoms with van der Waals surface area (Å²) in [4.78, 5) is 12.3. The number of nitrogens with zero attached hydrogens (tertiary/aromatic N) is 2. The largest absolute Gasteiger partial charge is 0.396 e. The predicted octanol–water partition coefficient (Wildman–Crippen LogP) is 1.95. The van der Waals surface area contributed by atoms with Crippen molar-refractivity contribution >= 4 is 11.6 Å². The van der Waals surface area contributed by atoms with Gasteiger partial charge in [0.05, 0.1) is 5.69 Å². The van der Waals surface area contributed by atoms with Gasteiger partial charge >= 0.3 is 0 Å². The van der Waals surface area contributed by atoms with E-state index in [0.717, 1.165) is 24.3 Å². The number of nitrogens with two attached hydrogens (primary N) is 1. The minimum absolute atomic E-state index is 0.121. The Morgan fingerprint density at radius 1 is 1.33 bits per heavy atom. The molecule has 0 aromatic carbocycles. The van der Waals surface area contributed by atoms with Crippen LogP contribution in [0.5, 0.6) is 0 Å². The standard InChI is InChI=1S/C16H24N4O/c1-20-8-13(17)14(19-20)15(21)18-9-16-5-10-2-11(6-16)4-12(3-10)7-16/h8,10-12H,2-7,9,17H2,1H3,(H,18,21). The zero-order valence-electron chi connectivity index (χ0n) is 12.6. The van der Waals surface area contributed by atoms with Gasteiger partial charge in [0.1, 0.15) is 0 Å². The van der Waals surface area contributed by atoms with Gasteiger partial charge in [-0.15, -0.1) is 0 Å². The van der Waals surface area contributed by atoms with Crippen molar-refractivity contribution in [2.45, 2.75) is 38.5 Å². The quantitative estimate of drug-likeness (QED) is 0.893. The molecule has 4 aliphatic carbocycles. The van der Waals surface area contributed by atoms with E-state index in [9.17, 15) is 4.79 Å². The molecule has 3 N–H and O–H groups in total. The molecule has 5 nitrogen and oxygen atoms in total. The number of hydrogen-bond donors (Lipinski definition) is 2. The molecule has 0 atom stereocenters. The zero-order valence-corrected chi connectivity index (χ0v) is 12.6. The first-order valence-electron chi connectivity index (χ1n) is 8.10. The van der Waals surface area contributed by atoms with E-state index in [4.69, 9.17) is 5.73 Å². The monoisotopic (exact) mass is 288 g/mol. The van der Waals surface area contributed by atoms with E-state index in [-0.39, 0.29) is 5.91 Å². The fourth-order valence-corrected chi connectivity index (χ4v) is 5.54. The maximum Gasteiger partial charge on any atom is 0.273 e. The van der Waals surface area contributed by atoms with Crippen molar-refractivity contribution < 1.29 is 4.79 Å². The van der Waals surface area contributed by atoms with Crippen LogP contribution < -0.4 is 11.1 Å². The molecular weight excluding hydrogens is 264 g/mol. The van der Waals surface area contributed by atoms with Gasteiger partial charge in [-0.25, -0.2) is 0 Å². The van der Waals surface area contributed by atoms with E-state index in [0.29, 0.717) is 16.8 Å². The second-order valence-electron chi connectivity index (χ2n) is 7.71. The summed E-state index contributed by atoms with van der Waals surface area (Å²) in [6.45, 7) is 0.797. The predicted molar refractivity (Wildman–Crippen MR) is 80.6 cm³/mol. The molecule has 4 aliphatic rings. The van der Waals surface area contributed by atoms with Crippen LogP contribution in [0.15, 0.2) is 6.20 Å². The highest BCUT2D eigenvalue weighted by Gasteiger charge is 2.50. The van der Waals surface area contributed by atoms with E-state index in [1.807, 2.05) is 0 Å². The number of nitrogen functional groups attached to an aromatic ring is 1. The van der Waals surface area contributed by atoms with Crippen LogP contribution in [0.1, 0.15) is 49.0 Å². The lowest BCUT2D eigenvalue weighted by Gasteiger charge is -2.56. The summed E-state index contributed by atoms with van der Waals surface area (Å²) >= 11 is 0. The summed E-state index contributed by atoms with van der Waals surface area (Å²) < 4.78 is 1.59. The van der Waals surface area contributed by atoms with E-state index in [1.165, 1.54) is 38.5 Å². The highest BCUT2D eigenvalue weighted by molar-refractivity contribution is 5.97. The summed E-state index contributed by atoms with van der Waals surface area (Å²) in [5, 5.41) is 7.27. The Morgan fingerprint density at radius 2 is 1.90 bits per heavy atom. The SMILES string of the molecule is Cn1cc(N)c(C(=O)NCC23CC4CC(CC(C4)C2)C3)n1. The second-order valence-corrected chi connectivity index (χ2v) is 7.71. The Hall–Kier alpha value is -1.52. The number of rotatable bonds is 3. The lowest BCUT2D eigenvalue weighted by Crippen LogP contribution is -2.51. The lowest BCUT2D eigenvalue weighted by molar-refractivity contribution is -0.0503. The molecule has 0 aliphatic heterocycles. The van der Waals surface area contributed by atoms with Gasteiger partial charge in [-0.3, -0.25) is 9.48 Å². The second kappa shape index (κ2) is 4.49. The van der Waals surface area contributed by atoms with E-state index in [1.54, 1.807) is 17.9 Å². The third-order valence-corrected chi connectivity index (χ3v) is 5.86. The zero-order chi connectivity index (χ0) is 14.6. The van der Waals surface area contributed by atoms with Crippen LogP contribution in [-0.4, -0.2) is 22.2 Å². The van der Waals surface area contributed by atoms with Gasteiger partial charge in [0.15, 0.2) is 5.69 Å². The molecule has 4 saturated carbocycles. The number of amides is 1. The maximum atomic E-state index is 12.3. The molecule has 4 fully saturated rings. The fraction of sp³-hybridized carbons (Fsp3) is 0.750. The number of carbonyl (C=O) groups is 1. The Kier molecular flexibility index (Phi) is 2.81. The molecule has 0 spiro atoms. The Balaban J connectivity index is 1.45. The molecular formula is C16H24N4O. The number of anilines is 1. The van der Waals surface area contributed by atoms with Crippen LogP contribution in [0.4, 0.5) is 5.69 Å². The fourth-order valence-electron chi connectivity index (χ4n) is 5.54. The first-order chi connectivity index (χ1) is 10.0. The minimum Gasteiger partial charge on any atom is -0.396 e. The summed E-state index contributed by atoms with van der Waals surface area (Å²) in [6, 6.07) is 0. The highest BCUT2D eigenvalue weighted by atomic mass is 16.2. The molecule has 1 aromatic rings. The van der Waals surface area contributed by atoms with Crippen LogP contribution in [0, 0.1) is 23.2 Å². The number of carbonyl (C=O) groups excluding carboxylic acids is 1. The molecule has 5 heteroatoms.